The number of phenolic OH excluding ortho intramolecular Hbond substituents is 1. The number of hydrogen-bond donors (Lipinski definition) is 6. The van der Waals surface area contributed by atoms with Crippen LogP contribution in [0.15, 0.2) is 29.0 Å². The number of ether oxygens (including phenoxy) is 1. The van der Waals surface area contributed by atoms with Gasteiger partial charge in [0.15, 0.2) is 11.4 Å². The van der Waals surface area contributed by atoms with Gasteiger partial charge in [0.25, 0.3) is 5.91 Å². The lowest BCUT2D eigenvalue weighted by Gasteiger charge is -2.53. The molecule has 0 aliphatic heterocycles. The number of Topliss-reactive ketones (excluding diaryl/α,β-unsaturated/α-hetero) is 2. The Bertz CT molecular complexity index is 1300. The van der Waals surface area contributed by atoms with Gasteiger partial charge in [0.05, 0.1) is 30.7 Å². The molecule has 3 aliphatic rings. The van der Waals surface area contributed by atoms with Crippen LogP contribution < -0.4 is 5.73 Å². The van der Waals surface area contributed by atoms with Crippen LogP contribution in [0.5, 0.6) is 5.75 Å². The van der Waals surface area contributed by atoms with Gasteiger partial charge in [0.2, 0.25) is 5.78 Å². The number of methoxy groups -OCH3 is 1. The molecule has 1 aromatic rings. The minimum atomic E-state index is -3.00. The molecule has 6 atom stereocenters. The second kappa shape index (κ2) is 8.15. The lowest BCUT2D eigenvalue weighted by molar-refractivity contribution is -0.169. The normalized spacial score (nSPS) is 31.7. The van der Waals surface area contributed by atoms with Crippen molar-refractivity contribution in [1.29, 1.82) is 0 Å². The maximum atomic E-state index is 13.8. The standard InChI is InChI=1S/C24H26N2O10/c1-7-8-5-6-9(23(34)36-4)16(27)11(8)17(28)12-10(7)18(29)14-15(26(2)3)19(30)13(22(25)33)21(32)24(14,35)20(12)31/h5-7,10,14-15,18,27-29,32,35H,1-4H3,(H2,25,33)/t7-,10?,14?,15-,18?,24-/m0/s1. The Morgan fingerprint density at radius 2 is 1.75 bits per heavy atom. The minimum absolute atomic E-state index is 0.282. The van der Waals surface area contributed by atoms with Crippen molar-refractivity contribution in [3.8, 4) is 5.75 Å². The van der Waals surface area contributed by atoms with Crippen molar-refractivity contribution < 1.29 is 49.4 Å². The number of primary amides is 1. The number of phenols is 1. The number of fused-ring (bicyclic) bond motifs is 3. The van der Waals surface area contributed by atoms with Crippen molar-refractivity contribution in [2.75, 3.05) is 21.2 Å². The van der Waals surface area contributed by atoms with E-state index in [-0.39, 0.29) is 16.7 Å². The van der Waals surface area contributed by atoms with E-state index in [1.54, 1.807) is 6.92 Å². The SMILES string of the molecule is COC(=O)c1ccc2c(c1O)C(O)=C1C(=O)[C@]3(O)C(O)=C(C(N)=O)C(=O)[C@@H](N(C)C)C3C(O)C1[C@H]2C. The Kier molecular flexibility index (Phi) is 5.74. The summed E-state index contributed by atoms with van der Waals surface area (Å²) < 4.78 is 4.63. The van der Waals surface area contributed by atoms with Gasteiger partial charge < -0.3 is 36.0 Å². The van der Waals surface area contributed by atoms with E-state index in [2.05, 4.69) is 4.74 Å². The molecule has 0 radical (unpaired) electrons. The summed E-state index contributed by atoms with van der Waals surface area (Å²) in [6.07, 6.45) is -1.69. The number of amides is 1. The molecule has 0 spiro atoms. The zero-order valence-corrected chi connectivity index (χ0v) is 19.8. The van der Waals surface area contributed by atoms with Gasteiger partial charge in [-0.2, -0.15) is 0 Å². The summed E-state index contributed by atoms with van der Waals surface area (Å²) in [5.74, 6) is -11.0. The van der Waals surface area contributed by atoms with Crippen LogP contribution in [0.2, 0.25) is 0 Å². The number of carbonyl (C=O) groups is 4. The number of rotatable bonds is 3. The highest BCUT2D eigenvalue weighted by Gasteiger charge is 2.68. The van der Waals surface area contributed by atoms with Crippen molar-refractivity contribution in [3.63, 3.8) is 0 Å². The lowest BCUT2D eigenvalue weighted by atomic mass is 9.54. The van der Waals surface area contributed by atoms with E-state index < -0.39 is 87.4 Å². The molecule has 12 heteroatoms. The number of hydrogen-bond acceptors (Lipinski definition) is 11. The molecule has 3 unspecified atom stereocenters. The van der Waals surface area contributed by atoms with Crippen molar-refractivity contribution in [2.24, 2.45) is 17.6 Å². The fourth-order valence-electron chi connectivity index (χ4n) is 5.89. The van der Waals surface area contributed by atoms with Crippen LogP contribution in [-0.2, 0) is 19.1 Å². The zero-order chi connectivity index (χ0) is 27.0. The number of aliphatic hydroxyl groups is 4. The van der Waals surface area contributed by atoms with Crippen molar-refractivity contribution in [2.45, 2.75) is 30.6 Å². The lowest BCUT2D eigenvalue weighted by Crippen LogP contribution is -2.70. The first-order valence-electron chi connectivity index (χ1n) is 11.0. The summed E-state index contributed by atoms with van der Waals surface area (Å²) in [6.45, 7) is 1.59. The second-order valence-electron chi connectivity index (χ2n) is 9.47. The third-order valence-corrected chi connectivity index (χ3v) is 7.53. The van der Waals surface area contributed by atoms with Crippen LogP contribution in [0.4, 0.5) is 0 Å². The van der Waals surface area contributed by atoms with Crippen molar-refractivity contribution in [3.05, 3.63) is 45.7 Å². The van der Waals surface area contributed by atoms with E-state index in [0.717, 1.165) is 7.11 Å². The Balaban J connectivity index is 2.05. The fourth-order valence-corrected chi connectivity index (χ4v) is 5.89. The zero-order valence-electron chi connectivity index (χ0n) is 19.8. The Hall–Kier alpha value is -3.74. The number of aliphatic hydroxyl groups excluding tert-OH is 3. The molecule has 1 aromatic carbocycles. The molecule has 1 fully saturated rings. The number of benzene rings is 1. The smallest absolute Gasteiger partial charge is 0.341 e. The number of nitrogens with zero attached hydrogens (tertiary/aromatic N) is 1. The van der Waals surface area contributed by atoms with E-state index in [1.807, 2.05) is 0 Å². The van der Waals surface area contributed by atoms with E-state index in [1.165, 1.54) is 31.1 Å². The van der Waals surface area contributed by atoms with Gasteiger partial charge >= 0.3 is 5.97 Å². The Morgan fingerprint density at radius 3 is 2.28 bits per heavy atom. The maximum Gasteiger partial charge on any atom is 0.341 e. The van der Waals surface area contributed by atoms with Crippen LogP contribution in [0.3, 0.4) is 0 Å². The number of carbonyl (C=O) groups excluding carboxylic acids is 4. The molecule has 12 nitrogen and oxygen atoms in total. The molecule has 192 valence electrons. The number of ketones is 2. The highest BCUT2D eigenvalue weighted by Crippen LogP contribution is 2.56. The van der Waals surface area contributed by atoms with Gasteiger partial charge in [-0.1, -0.05) is 13.0 Å². The first kappa shape index (κ1) is 25.4. The number of esters is 1. The van der Waals surface area contributed by atoms with Gasteiger partial charge in [-0.15, -0.1) is 0 Å². The second-order valence-corrected chi connectivity index (χ2v) is 9.47. The van der Waals surface area contributed by atoms with Gasteiger partial charge in [0.1, 0.15) is 28.4 Å². The summed E-state index contributed by atoms with van der Waals surface area (Å²) in [7, 11) is 3.94. The van der Waals surface area contributed by atoms with Gasteiger partial charge in [0, 0.05) is 11.5 Å². The number of nitrogens with two attached hydrogens (primary N) is 1. The van der Waals surface area contributed by atoms with E-state index >= 15 is 0 Å². The monoisotopic (exact) mass is 502 g/mol. The minimum Gasteiger partial charge on any atom is -0.508 e. The highest BCUT2D eigenvalue weighted by molar-refractivity contribution is 6.24. The summed E-state index contributed by atoms with van der Waals surface area (Å²) in [5, 5.41) is 55.9. The van der Waals surface area contributed by atoms with Crippen LogP contribution in [0.25, 0.3) is 5.76 Å². The van der Waals surface area contributed by atoms with Crippen molar-refractivity contribution >= 4 is 29.2 Å². The van der Waals surface area contributed by atoms with Crippen LogP contribution in [-0.4, -0.2) is 92.8 Å². The molecular weight excluding hydrogens is 476 g/mol. The molecule has 3 aliphatic carbocycles. The average molecular weight is 502 g/mol. The average Bonchev–Trinajstić information content (AvgIpc) is 2.80. The van der Waals surface area contributed by atoms with Crippen LogP contribution >= 0.6 is 0 Å². The predicted molar refractivity (Wildman–Crippen MR) is 122 cm³/mol. The first-order chi connectivity index (χ1) is 16.7. The Morgan fingerprint density at radius 1 is 1.14 bits per heavy atom. The van der Waals surface area contributed by atoms with E-state index in [4.69, 9.17) is 5.73 Å². The van der Waals surface area contributed by atoms with Crippen LogP contribution in [0.1, 0.15) is 34.3 Å². The highest BCUT2D eigenvalue weighted by atomic mass is 16.5. The number of aromatic hydroxyl groups is 1. The molecule has 1 amide bonds. The summed E-state index contributed by atoms with van der Waals surface area (Å²) >= 11 is 0. The molecule has 1 saturated carbocycles. The predicted octanol–water partition coefficient (Wildman–Crippen LogP) is -0.718. The summed E-state index contributed by atoms with van der Waals surface area (Å²) in [6, 6.07) is 1.26. The summed E-state index contributed by atoms with van der Waals surface area (Å²) in [4.78, 5) is 52.3. The van der Waals surface area contributed by atoms with Gasteiger partial charge in [-0.3, -0.25) is 19.3 Å². The third kappa shape index (κ3) is 2.98. The summed E-state index contributed by atoms with van der Waals surface area (Å²) in [5.41, 5.74) is 0.436. The molecule has 36 heavy (non-hydrogen) atoms. The van der Waals surface area contributed by atoms with Gasteiger partial charge in [-0.25, -0.2) is 4.79 Å². The van der Waals surface area contributed by atoms with Crippen molar-refractivity contribution in [1.82, 2.24) is 4.90 Å². The molecule has 0 heterocycles. The molecule has 0 aromatic heterocycles. The first-order valence-corrected chi connectivity index (χ1v) is 11.0. The third-order valence-electron chi connectivity index (χ3n) is 7.53. The Labute approximate surface area is 204 Å². The number of likely N-dealkylation sites (N-methyl/N-ethyl adjacent to an activating group) is 1. The molecule has 4 rings (SSSR count). The quantitative estimate of drug-likeness (QED) is 0.224. The molecule has 0 bridgehead atoms. The van der Waals surface area contributed by atoms with Crippen LogP contribution in [0, 0.1) is 11.8 Å². The molecule has 7 N–H and O–H groups in total. The fraction of sp³-hybridized carbons (Fsp3) is 0.417. The van der Waals surface area contributed by atoms with E-state index in [9.17, 15) is 44.7 Å². The van der Waals surface area contributed by atoms with Gasteiger partial charge in [-0.05, 0) is 31.6 Å². The van der Waals surface area contributed by atoms with E-state index in [0.29, 0.717) is 0 Å². The largest absolute Gasteiger partial charge is 0.508 e. The topological polar surface area (TPSA) is 208 Å². The molecule has 0 saturated heterocycles. The molecular formula is C24H26N2O10. The maximum absolute atomic E-state index is 13.8.